The fourth-order valence-corrected chi connectivity index (χ4v) is 2.30. The first-order valence-electron chi connectivity index (χ1n) is 6.05. The Bertz CT molecular complexity index is 761. The van der Waals surface area contributed by atoms with Crippen LogP contribution < -0.4 is 4.90 Å². The van der Waals surface area contributed by atoms with Crippen molar-refractivity contribution in [3.63, 3.8) is 0 Å². The van der Waals surface area contributed by atoms with Crippen LogP contribution in [0.15, 0.2) is 42.5 Å². The second-order valence-corrected chi connectivity index (χ2v) is 4.50. The van der Waals surface area contributed by atoms with Gasteiger partial charge in [-0.1, -0.05) is 12.1 Å². The van der Waals surface area contributed by atoms with E-state index in [1.807, 2.05) is 0 Å². The summed E-state index contributed by atoms with van der Waals surface area (Å²) in [5.41, 5.74) is 0.0785. The van der Waals surface area contributed by atoms with E-state index in [1.54, 1.807) is 12.1 Å². The zero-order valence-electron chi connectivity index (χ0n) is 10.6. The highest BCUT2D eigenvalue weighted by Gasteiger charge is 2.38. The van der Waals surface area contributed by atoms with Crippen molar-refractivity contribution in [1.29, 1.82) is 0 Å². The number of benzene rings is 2. The van der Waals surface area contributed by atoms with Crippen LogP contribution in [0.25, 0.3) is 0 Å². The number of anilines is 1. The third kappa shape index (κ3) is 1.85. The number of hydrogen-bond donors (Lipinski definition) is 2. The van der Waals surface area contributed by atoms with Crippen molar-refractivity contribution in [3.05, 3.63) is 59.2 Å². The number of phenolic OH excluding ortho intramolecular Hbond substituents is 1. The second kappa shape index (κ2) is 4.45. The number of fused-ring (bicyclic) bond motifs is 1. The molecule has 0 spiro atoms. The topological polar surface area (TPSA) is 94.9 Å². The monoisotopic (exact) mass is 283 g/mol. The Hall–Kier alpha value is -3.15. The van der Waals surface area contributed by atoms with Gasteiger partial charge in [-0.3, -0.25) is 9.59 Å². The lowest BCUT2D eigenvalue weighted by molar-refractivity contribution is 0.0697. The van der Waals surface area contributed by atoms with E-state index in [2.05, 4.69) is 0 Å². The van der Waals surface area contributed by atoms with Gasteiger partial charge >= 0.3 is 5.97 Å². The molecule has 0 bridgehead atoms. The minimum absolute atomic E-state index is 0.0634. The minimum atomic E-state index is -1.34. The molecular formula is C15H9NO5. The lowest BCUT2D eigenvalue weighted by atomic mass is 10.1. The van der Waals surface area contributed by atoms with Crippen molar-refractivity contribution < 1.29 is 24.6 Å². The summed E-state index contributed by atoms with van der Waals surface area (Å²) in [4.78, 5) is 36.7. The number of amides is 2. The van der Waals surface area contributed by atoms with E-state index in [9.17, 15) is 24.6 Å². The smallest absolute Gasteiger partial charge is 0.337 e. The molecule has 1 aliphatic heterocycles. The van der Waals surface area contributed by atoms with Gasteiger partial charge in [-0.2, -0.15) is 0 Å². The van der Waals surface area contributed by atoms with Crippen LogP contribution in [0.4, 0.5) is 5.69 Å². The molecule has 104 valence electrons. The van der Waals surface area contributed by atoms with Crippen molar-refractivity contribution in [2.75, 3.05) is 4.90 Å². The number of imide groups is 1. The van der Waals surface area contributed by atoms with Gasteiger partial charge in [0.1, 0.15) is 5.75 Å². The van der Waals surface area contributed by atoms with Gasteiger partial charge in [0.25, 0.3) is 11.8 Å². The maximum Gasteiger partial charge on any atom is 0.337 e. The predicted octanol–water partition coefficient (Wildman–Crippen LogP) is 1.89. The molecular weight excluding hydrogens is 274 g/mol. The summed E-state index contributed by atoms with van der Waals surface area (Å²) in [5.74, 6) is -2.75. The molecule has 6 heteroatoms. The SMILES string of the molecule is O=C(O)c1cc(O)ccc1N1C(=O)c2ccccc2C1=O. The zero-order chi connectivity index (χ0) is 15.1. The molecule has 0 radical (unpaired) electrons. The number of rotatable bonds is 2. The van der Waals surface area contributed by atoms with E-state index in [1.165, 1.54) is 24.3 Å². The third-order valence-electron chi connectivity index (χ3n) is 3.25. The first kappa shape index (κ1) is 12.9. The highest BCUT2D eigenvalue weighted by Crippen LogP contribution is 2.32. The number of aromatic carboxylic acids is 1. The molecule has 3 rings (SSSR count). The summed E-state index contributed by atoms with van der Waals surface area (Å²) >= 11 is 0. The van der Waals surface area contributed by atoms with Crippen LogP contribution in [-0.4, -0.2) is 28.0 Å². The Morgan fingerprint density at radius 3 is 2.05 bits per heavy atom. The predicted molar refractivity (Wildman–Crippen MR) is 72.6 cm³/mol. The Balaban J connectivity index is 2.18. The molecule has 1 aliphatic rings. The van der Waals surface area contributed by atoms with E-state index in [-0.39, 0.29) is 28.1 Å². The number of carboxylic acids is 1. The Labute approximate surface area is 118 Å². The Morgan fingerprint density at radius 2 is 1.52 bits per heavy atom. The average Bonchev–Trinajstić information content (AvgIpc) is 2.72. The summed E-state index contributed by atoms with van der Waals surface area (Å²) in [6, 6.07) is 9.74. The fraction of sp³-hybridized carbons (Fsp3) is 0. The normalized spacial score (nSPS) is 13.4. The first-order chi connectivity index (χ1) is 10.0. The summed E-state index contributed by atoms with van der Waals surface area (Å²) in [7, 11) is 0. The molecule has 2 aromatic rings. The van der Waals surface area contributed by atoms with Crippen molar-refractivity contribution >= 4 is 23.5 Å². The van der Waals surface area contributed by atoms with Gasteiger partial charge < -0.3 is 10.2 Å². The van der Waals surface area contributed by atoms with Crippen LogP contribution in [0.3, 0.4) is 0 Å². The molecule has 6 nitrogen and oxygen atoms in total. The van der Waals surface area contributed by atoms with E-state index < -0.39 is 17.8 Å². The number of hydrogen-bond acceptors (Lipinski definition) is 4. The summed E-state index contributed by atoms with van der Waals surface area (Å²) in [5, 5.41) is 18.6. The van der Waals surface area contributed by atoms with Crippen LogP contribution in [0.5, 0.6) is 5.75 Å². The quantitative estimate of drug-likeness (QED) is 0.821. The van der Waals surface area contributed by atoms with E-state index in [0.29, 0.717) is 0 Å². The third-order valence-corrected chi connectivity index (χ3v) is 3.25. The van der Waals surface area contributed by atoms with Crippen molar-refractivity contribution in [3.8, 4) is 5.75 Å². The molecule has 0 saturated heterocycles. The number of nitrogens with zero attached hydrogens (tertiary/aromatic N) is 1. The average molecular weight is 283 g/mol. The highest BCUT2D eigenvalue weighted by molar-refractivity contribution is 6.35. The first-order valence-corrected chi connectivity index (χ1v) is 6.05. The lowest BCUT2D eigenvalue weighted by Gasteiger charge is -2.16. The van der Waals surface area contributed by atoms with E-state index in [4.69, 9.17) is 0 Å². The maximum atomic E-state index is 12.3. The standard InChI is InChI=1S/C15H9NO5/c17-8-5-6-12(11(7-8)15(20)21)16-13(18)9-3-1-2-4-10(9)14(16)19/h1-7,17H,(H,20,21). The maximum absolute atomic E-state index is 12.3. The van der Waals surface area contributed by atoms with Crippen molar-refractivity contribution in [1.82, 2.24) is 0 Å². The fourth-order valence-electron chi connectivity index (χ4n) is 2.30. The zero-order valence-corrected chi connectivity index (χ0v) is 10.6. The molecule has 0 aliphatic carbocycles. The summed E-state index contributed by atoms with van der Waals surface area (Å²) < 4.78 is 0. The largest absolute Gasteiger partial charge is 0.508 e. The number of aromatic hydroxyl groups is 1. The minimum Gasteiger partial charge on any atom is -0.508 e. The second-order valence-electron chi connectivity index (χ2n) is 4.50. The molecule has 0 fully saturated rings. The van der Waals surface area contributed by atoms with Crippen molar-refractivity contribution in [2.45, 2.75) is 0 Å². The van der Waals surface area contributed by atoms with E-state index in [0.717, 1.165) is 11.0 Å². The molecule has 2 N–H and O–H groups in total. The van der Waals surface area contributed by atoms with Gasteiger partial charge in [0.15, 0.2) is 0 Å². The number of phenols is 1. The van der Waals surface area contributed by atoms with Gasteiger partial charge in [0, 0.05) is 0 Å². The van der Waals surface area contributed by atoms with Gasteiger partial charge in [0.05, 0.1) is 22.4 Å². The highest BCUT2D eigenvalue weighted by atomic mass is 16.4. The molecule has 2 aromatic carbocycles. The van der Waals surface area contributed by atoms with Crippen LogP contribution in [0.2, 0.25) is 0 Å². The molecule has 0 aromatic heterocycles. The van der Waals surface area contributed by atoms with E-state index >= 15 is 0 Å². The van der Waals surface area contributed by atoms with Gasteiger partial charge in [-0.25, -0.2) is 9.69 Å². The van der Waals surface area contributed by atoms with Crippen LogP contribution >= 0.6 is 0 Å². The van der Waals surface area contributed by atoms with Crippen LogP contribution in [0, 0.1) is 0 Å². The Morgan fingerprint density at radius 1 is 0.952 bits per heavy atom. The molecule has 0 atom stereocenters. The number of carboxylic acid groups (broad SMARTS) is 1. The molecule has 1 heterocycles. The van der Waals surface area contributed by atoms with Gasteiger partial charge in [-0.15, -0.1) is 0 Å². The Kier molecular flexibility index (Phi) is 2.72. The number of carbonyl (C=O) groups is 3. The summed E-state index contributed by atoms with van der Waals surface area (Å²) in [6.45, 7) is 0. The number of carbonyl (C=O) groups excluding carboxylic acids is 2. The lowest BCUT2D eigenvalue weighted by Crippen LogP contribution is -2.30. The molecule has 2 amide bonds. The van der Waals surface area contributed by atoms with Gasteiger partial charge in [0.2, 0.25) is 0 Å². The van der Waals surface area contributed by atoms with Gasteiger partial charge in [-0.05, 0) is 30.3 Å². The molecule has 0 saturated carbocycles. The van der Waals surface area contributed by atoms with Crippen molar-refractivity contribution in [2.24, 2.45) is 0 Å². The van der Waals surface area contributed by atoms with Crippen LogP contribution in [-0.2, 0) is 0 Å². The van der Waals surface area contributed by atoms with Crippen LogP contribution in [0.1, 0.15) is 31.1 Å². The molecule has 0 unspecified atom stereocenters. The summed E-state index contributed by atoms with van der Waals surface area (Å²) in [6.07, 6.45) is 0. The molecule has 21 heavy (non-hydrogen) atoms.